The lowest BCUT2D eigenvalue weighted by atomic mass is 10.2. The van der Waals surface area contributed by atoms with Crippen LogP contribution < -0.4 is 15.4 Å². The molecule has 28 heavy (non-hydrogen) atoms. The van der Waals surface area contributed by atoms with Crippen LogP contribution in [0.4, 0.5) is 26.1 Å². The minimum atomic E-state index is -0.771. The highest BCUT2D eigenvalue weighted by Crippen LogP contribution is 2.25. The van der Waals surface area contributed by atoms with Gasteiger partial charge in [-0.1, -0.05) is 12.1 Å². The van der Waals surface area contributed by atoms with Gasteiger partial charge in [0.1, 0.15) is 17.4 Å². The maximum atomic E-state index is 13.7. The van der Waals surface area contributed by atoms with E-state index in [1.165, 1.54) is 18.5 Å². The van der Waals surface area contributed by atoms with E-state index in [1.54, 1.807) is 18.2 Å². The zero-order chi connectivity index (χ0) is 20.1. The third-order valence-corrected chi connectivity index (χ3v) is 3.59. The maximum Gasteiger partial charge on any atom is 0.258 e. The summed E-state index contributed by atoms with van der Waals surface area (Å²) >= 11 is 0. The third-order valence-electron chi connectivity index (χ3n) is 3.59. The van der Waals surface area contributed by atoms with Gasteiger partial charge in [-0.25, -0.2) is 18.7 Å². The molecule has 2 aromatic carbocycles. The fourth-order valence-corrected chi connectivity index (χ4v) is 2.34. The van der Waals surface area contributed by atoms with Crippen LogP contribution in [0.1, 0.15) is 24.2 Å². The molecule has 3 aromatic rings. The lowest BCUT2D eigenvalue weighted by molar-refractivity contribution is 0.102. The predicted octanol–water partition coefficient (Wildman–Crippen LogP) is 4.54. The molecule has 1 aromatic heterocycles. The molecule has 0 saturated heterocycles. The highest BCUT2D eigenvalue weighted by atomic mass is 19.1. The number of carbonyl (C=O) groups excluding carboxylic acids is 1. The largest absolute Gasteiger partial charge is 0.489 e. The van der Waals surface area contributed by atoms with Gasteiger partial charge in [0.15, 0.2) is 0 Å². The van der Waals surface area contributed by atoms with Crippen LogP contribution in [0, 0.1) is 11.6 Å². The number of benzene rings is 2. The Bertz CT molecular complexity index is 978. The first-order valence-corrected chi connectivity index (χ1v) is 8.53. The van der Waals surface area contributed by atoms with E-state index in [9.17, 15) is 13.6 Å². The number of para-hydroxylation sites is 2. The zero-order valence-corrected chi connectivity index (χ0v) is 15.2. The number of hydrogen-bond donors (Lipinski definition) is 2. The lowest BCUT2D eigenvalue weighted by Crippen LogP contribution is -2.15. The molecule has 1 heterocycles. The van der Waals surface area contributed by atoms with Gasteiger partial charge in [0.25, 0.3) is 5.91 Å². The molecule has 6 nitrogen and oxygen atoms in total. The number of halogens is 2. The number of anilines is 3. The first-order valence-electron chi connectivity index (χ1n) is 8.53. The van der Waals surface area contributed by atoms with E-state index in [0.29, 0.717) is 11.4 Å². The van der Waals surface area contributed by atoms with Crippen LogP contribution >= 0.6 is 0 Å². The Labute approximate surface area is 160 Å². The molecule has 8 heteroatoms. The van der Waals surface area contributed by atoms with Crippen molar-refractivity contribution in [1.29, 1.82) is 0 Å². The van der Waals surface area contributed by atoms with Gasteiger partial charge in [0.2, 0.25) is 5.95 Å². The Morgan fingerprint density at radius 3 is 2.43 bits per heavy atom. The van der Waals surface area contributed by atoms with Gasteiger partial charge in [-0.3, -0.25) is 4.79 Å². The summed E-state index contributed by atoms with van der Waals surface area (Å²) in [6, 6.07) is 10.2. The van der Waals surface area contributed by atoms with Crippen molar-refractivity contribution in [3.8, 4) is 5.75 Å². The van der Waals surface area contributed by atoms with Gasteiger partial charge in [-0.15, -0.1) is 0 Å². The minimum Gasteiger partial charge on any atom is -0.489 e. The van der Waals surface area contributed by atoms with Crippen LogP contribution in [0.25, 0.3) is 0 Å². The van der Waals surface area contributed by atoms with Crippen molar-refractivity contribution in [2.45, 2.75) is 20.0 Å². The van der Waals surface area contributed by atoms with Crippen LogP contribution in [-0.4, -0.2) is 22.0 Å². The minimum absolute atomic E-state index is 0.0263. The Hall–Kier alpha value is -3.55. The van der Waals surface area contributed by atoms with E-state index in [4.69, 9.17) is 4.74 Å². The van der Waals surface area contributed by atoms with E-state index in [2.05, 4.69) is 20.6 Å². The summed E-state index contributed by atoms with van der Waals surface area (Å²) in [5.74, 6) is -1.24. The molecular formula is C20H18F2N4O2. The van der Waals surface area contributed by atoms with Crippen molar-refractivity contribution in [2.24, 2.45) is 0 Å². The standard InChI is InChI=1S/C20H18F2N4O2/c1-12(2)28-18-6-4-3-5-17(18)25-19(27)13-10-23-20(24-11-13)26-16-8-7-14(21)9-15(16)22/h3-12H,1-2H3,(H,25,27)(H,23,24,26). The Balaban J connectivity index is 1.70. The molecule has 0 aliphatic heterocycles. The SMILES string of the molecule is CC(C)Oc1ccccc1NC(=O)c1cnc(Nc2ccc(F)cc2F)nc1. The van der Waals surface area contributed by atoms with Crippen LogP contribution in [0.15, 0.2) is 54.9 Å². The van der Waals surface area contributed by atoms with Crippen molar-refractivity contribution in [2.75, 3.05) is 10.6 Å². The van der Waals surface area contributed by atoms with E-state index in [1.807, 2.05) is 19.9 Å². The van der Waals surface area contributed by atoms with Gasteiger partial charge >= 0.3 is 0 Å². The first kappa shape index (κ1) is 19.2. The lowest BCUT2D eigenvalue weighted by Gasteiger charge is -2.14. The quantitative estimate of drug-likeness (QED) is 0.653. The number of amides is 1. The number of ether oxygens (including phenoxy) is 1. The molecule has 144 valence electrons. The summed E-state index contributed by atoms with van der Waals surface area (Å²) in [5.41, 5.74) is 0.764. The molecule has 0 spiro atoms. The second-order valence-electron chi connectivity index (χ2n) is 6.16. The van der Waals surface area contributed by atoms with Crippen molar-refractivity contribution in [3.05, 3.63) is 72.1 Å². The topological polar surface area (TPSA) is 76.1 Å². The fourth-order valence-electron chi connectivity index (χ4n) is 2.34. The smallest absolute Gasteiger partial charge is 0.258 e. The molecule has 0 saturated carbocycles. The highest BCUT2D eigenvalue weighted by Gasteiger charge is 2.12. The van der Waals surface area contributed by atoms with Crippen molar-refractivity contribution in [1.82, 2.24) is 9.97 Å². The Kier molecular flexibility index (Phi) is 5.78. The number of rotatable bonds is 6. The molecule has 0 aliphatic carbocycles. The second-order valence-corrected chi connectivity index (χ2v) is 6.16. The highest BCUT2D eigenvalue weighted by molar-refractivity contribution is 6.04. The zero-order valence-electron chi connectivity index (χ0n) is 15.2. The number of hydrogen-bond acceptors (Lipinski definition) is 5. The van der Waals surface area contributed by atoms with Crippen molar-refractivity contribution < 1.29 is 18.3 Å². The second kappa shape index (κ2) is 8.43. The van der Waals surface area contributed by atoms with Crippen LogP contribution in [0.3, 0.4) is 0 Å². The summed E-state index contributed by atoms with van der Waals surface area (Å²) in [4.78, 5) is 20.4. The average molecular weight is 384 g/mol. The molecule has 0 unspecified atom stereocenters. The summed E-state index contributed by atoms with van der Waals surface area (Å²) in [6.45, 7) is 3.78. The molecule has 0 atom stereocenters. The molecule has 0 fully saturated rings. The van der Waals surface area contributed by atoms with Crippen LogP contribution in [0.2, 0.25) is 0 Å². The van der Waals surface area contributed by atoms with Gasteiger partial charge in [0, 0.05) is 18.5 Å². The number of aromatic nitrogens is 2. The molecular weight excluding hydrogens is 366 g/mol. The van der Waals surface area contributed by atoms with E-state index in [0.717, 1.165) is 12.1 Å². The molecule has 0 aliphatic rings. The summed E-state index contributed by atoms with van der Waals surface area (Å²) in [7, 11) is 0. The molecule has 0 radical (unpaired) electrons. The fraction of sp³-hybridized carbons (Fsp3) is 0.150. The maximum absolute atomic E-state index is 13.7. The molecule has 0 bridgehead atoms. The summed E-state index contributed by atoms with van der Waals surface area (Å²) < 4.78 is 32.3. The molecule has 1 amide bonds. The number of nitrogens with zero attached hydrogens (tertiary/aromatic N) is 2. The van der Waals surface area contributed by atoms with Crippen LogP contribution in [0.5, 0.6) is 5.75 Å². The predicted molar refractivity (Wildman–Crippen MR) is 102 cm³/mol. The van der Waals surface area contributed by atoms with E-state index >= 15 is 0 Å². The normalized spacial score (nSPS) is 10.6. The van der Waals surface area contributed by atoms with Gasteiger partial charge in [-0.05, 0) is 38.1 Å². The van der Waals surface area contributed by atoms with Gasteiger partial charge < -0.3 is 15.4 Å². The summed E-state index contributed by atoms with van der Waals surface area (Å²) in [5, 5.41) is 5.38. The average Bonchev–Trinajstić information content (AvgIpc) is 2.66. The van der Waals surface area contributed by atoms with Crippen molar-refractivity contribution in [3.63, 3.8) is 0 Å². The molecule has 3 rings (SSSR count). The van der Waals surface area contributed by atoms with E-state index in [-0.39, 0.29) is 23.3 Å². The Morgan fingerprint density at radius 2 is 1.75 bits per heavy atom. The number of nitrogens with one attached hydrogen (secondary N) is 2. The van der Waals surface area contributed by atoms with Gasteiger partial charge in [0.05, 0.1) is 23.0 Å². The van der Waals surface area contributed by atoms with Gasteiger partial charge in [-0.2, -0.15) is 0 Å². The summed E-state index contributed by atoms with van der Waals surface area (Å²) in [6.07, 6.45) is 2.56. The van der Waals surface area contributed by atoms with E-state index < -0.39 is 17.5 Å². The monoisotopic (exact) mass is 384 g/mol. The molecule has 2 N–H and O–H groups in total. The van der Waals surface area contributed by atoms with Crippen molar-refractivity contribution >= 4 is 23.2 Å². The first-order chi connectivity index (χ1) is 13.4. The Morgan fingerprint density at radius 1 is 1.04 bits per heavy atom. The third kappa shape index (κ3) is 4.79. The van der Waals surface area contributed by atoms with Crippen LogP contribution in [-0.2, 0) is 0 Å². The number of carbonyl (C=O) groups is 1.